The molecule has 32 heavy (non-hydrogen) atoms. The van der Waals surface area contributed by atoms with Crippen molar-refractivity contribution in [2.24, 2.45) is 56.2 Å². The van der Waals surface area contributed by atoms with E-state index < -0.39 is 0 Å². The van der Waals surface area contributed by atoms with Crippen LogP contribution in [0.2, 0.25) is 0 Å². The van der Waals surface area contributed by atoms with Crippen molar-refractivity contribution in [1.29, 1.82) is 0 Å². The first-order chi connectivity index (χ1) is 14.6. The summed E-state index contributed by atoms with van der Waals surface area (Å²) < 4.78 is 0. The van der Waals surface area contributed by atoms with E-state index in [1.54, 1.807) is 0 Å². The van der Waals surface area contributed by atoms with Gasteiger partial charge >= 0.3 is 0 Å². The molecule has 5 aliphatic carbocycles. The van der Waals surface area contributed by atoms with Crippen molar-refractivity contribution in [3.05, 3.63) is 0 Å². The lowest BCUT2D eigenvalue weighted by Gasteiger charge is -2.74. The van der Waals surface area contributed by atoms with Crippen molar-refractivity contribution in [3.8, 4) is 0 Å². The van der Waals surface area contributed by atoms with Gasteiger partial charge in [-0.1, -0.05) is 55.4 Å². The van der Waals surface area contributed by atoms with Gasteiger partial charge < -0.3 is 0 Å². The summed E-state index contributed by atoms with van der Waals surface area (Å²) in [7, 11) is 0. The number of rotatable bonds is 0. The third-order valence-corrected chi connectivity index (χ3v) is 13.6. The van der Waals surface area contributed by atoms with Gasteiger partial charge in [0, 0.05) is 24.2 Å². The average Bonchev–Trinajstić information content (AvgIpc) is 2.70. The summed E-state index contributed by atoms with van der Waals surface area (Å²) >= 11 is 0. The van der Waals surface area contributed by atoms with E-state index in [1.807, 2.05) is 0 Å². The monoisotopic (exact) mass is 440 g/mol. The van der Waals surface area contributed by atoms with Gasteiger partial charge in [-0.3, -0.25) is 9.59 Å². The van der Waals surface area contributed by atoms with Crippen molar-refractivity contribution in [1.82, 2.24) is 0 Å². The van der Waals surface area contributed by atoms with Crippen LogP contribution >= 0.6 is 0 Å². The fourth-order valence-electron chi connectivity index (χ4n) is 11.0. The van der Waals surface area contributed by atoms with E-state index in [9.17, 15) is 9.59 Å². The molecule has 2 nitrogen and oxygen atoms in total. The Morgan fingerprint density at radius 3 is 2.00 bits per heavy atom. The minimum Gasteiger partial charge on any atom is -0.299 e. The third-order valence-electron chi connectivity index (χ3n) is 13.6. The largest absolute Gasteiger partial charge is 0.299 e. The summed E-state index contributed by atoms with van der Waals surface area (Å²) in [5, 5.41) is 0. The van der Waals surface area contributed by atoms with E-state index in [0.717, 1.165) is 31.6 Å². The van der Waals surface area contributed by atoms with Crippen LogP contribution in [0, 0.1) is 56.2 Å². The molecule has 0 aromatic carbocycles. The Hall–Kier alpha value is -0.660. The predicted octanol–water partition coefficient (Wildman–Crippen LogP) is 7.64. The highest BCUT2D eigenvalue weighted by Crippen LogP contribution is 2.78. The highest BCUT2D eigenvalue weighted by Gasteiger charge is 2.71. The molecule has 0 spiro atoms. The van der Waals surface area contributed by atoms with E-state index >= 15 is 0 Å². The van der Waals surface area contributed by atoms with E-state index in [4.69, 9.17) is 0 Å². The van der Waals surface area contributed by atoms with Crippen LogP contribution in [0.5, 0.6) is 0 Å². The molecular formula is C30H48O2. The van der Waals surface area contributed by atoms with Crippen LogP contribution in [-0.4, -0.2) is 11.6 Å². The molecule has 0 N–H and O–H groups in total. The summed E-state index contributed by atoms with van der Waals surface area (Å²) in [6.45, 7) is 19.5. The molecule has 0 unspecified atom stereocenters. The predicted molar refractivity (Wildman–Crippen MR) is 130 cm³/mol. The van der Waals surface area contributed by atoms with Crippen LogP contribution in [0.25, 0.3) is 0 Å². The molecule has 5 saturated carbocycles. The van der Waals surface area contributed by atoms with E-state index in [1.165, 1.54) is 38.5 Å². The van der Waals surface area contributed by atoms with Gasteiger partial charge in [-0.15, -0.1) is 0 Å². The number of Topliss-reactive ketones (excluding diaryl/α,β-unsaturated/α-hetero) is 2. The molecule has 5 aliphatic rings. The number of hydrogen-bond acceptors (Lipinski definition) is 2. The second-order valence-electron chi connectivity index (χ2n) is 15.1. The Balaban J connectivity index is 1.55. The normalized spacial score (nSPS) is 57.1. The van der Waals surface area contributed by atoms with Gasteiger partial charge in [-0.2, -0.15) is 0 Å². The standard InChI is InChI=1S/C30H48O2/c1-19-20(31)9-10-21-27(19,5)12-11-22-28(21,6)14-16-30(8)23-17-25(2,3)24(32)18-26(23,4)13-15-29(22,30)7/h19,21-23H,9-18H2,1-8H3/t19-,21-,22+,23+,26-,27+,28-,29+,30-/m0/s1. The SMILES string of the molecule is C[C@H]1C(=O)CC[C@@H]2[C@]3(C)CC[C@@]4(C)[C@@H]5CC(C)(C)C(=O)C[C@]5(C)CC[C@]4(C)[C@@H]3CC[C@@]21C. The number of carbonyl (C=O) groups is 2. The molecular weight excluding hydrogens is 392 g/mol. The van der Waals surface area contributed by atoms with Crippen molar-refractivity contribution in [3.63, 3.8) is 0 Å². The molecule has 5 fully saturated rings. The van der Waals surface area contributed by atoms with Gasteiger partial charge in [-0.25, -0.2) is 0 Å². The van der Waals surface area contributed by atoms with Crippen LogP contribution in [0.1, 0.15) is 120 Å². The van der Waals surface area contributed by atoms with Gasteiger partial charge in [0.05, 0.1) is 0 Å². The topological polar surface area (TPSA) is 34.1 Å². The summed E-state index contributed by atoms with van der Waals surface area (Å²) in [4.78, 5) is 25.7. The fourth-order valence-corrected chi connectivity index (χ4v) is 11.0. The summed E-state index contributed by atoms with van der Waals surface area (Å²) in [6, 6.07) is 0. The fraction of sp³-hybridized carbons (Fsp3) is 0.933. The zero-order chi connectivity index (χ0) is 23.5. The lowest BCUT2D eigenvalue weighted by atomic mass is 9.30. The lowest BCUT2D eigenvalue weighted by Crippen LogP contribution is -2.68. The number of carbonyl (C=O) groups excluding carboxylic acids is 2. The number of hydrogen-bond donors (Lipinski definition) is 0. The molecule has 0 aromatic heterocycles. The maximum Gasteiger partial charge on any atom is 0.139 e. The maximum absolute atomic E-state index is 13.0. The highest BCUT2D eigenvalue weighted by atomic mass is 16.1. The Morgan fingerprint density at radius 2 is 1.31 bits per heavy atom. The van der Waals surface area contributed by atoms with Crippen LogP contribution in [0.3, 0.4) is 0 Å². The average molecular weight is 441 g/mol. The van der Waals surface area contributed by atoms with E-state index in [2.05, 4.69) is 55.4 Å². The van der Waals surface area contributed by atoms with Gasteiger partial charge in [0.1, 0.15) is 11.6 Å². The summed E-state index contributed by atoms with van der Waals surface area (Å²) in [5.41, 5.74) is 1.20. The first-order valence-corrected chi connectivity index (χ1v) is 13.7. The van der Waals surface area contributed by atoms with Crippen molar-refractivity contribution in [2.75, 3.05) is 0 Å². The van der Waals surface area contributed by atoms with Crippen molar-refractivity contribution < 1.29 is 9.59 Å². The Bertz CT molecular complexity index is 857. The summed E-state index contributed by atoms with van der Waals surface area (Å²) in [6.07, 6.45) is 11.4. The zero-order valence-corrected chi connectivity index (χ0v) is 22.2. The van der Waals surface area contributed by atoms with Crippen LogP contribution in [0.4, 0.5) is 0 Å². The first kappa shape index (κ1) is 23.1. The second kappa shape index (κ2) is 6.51. The number of fused-ring (bicyclic) bond motifs is 7. The molecule has 5 rings (SSSR count). The molecule has 0 saturated heterocycles. The van der Waals surface area contributed by atoms with Crippen LogP contribution in [0.15, 0.2) is 0 Å². The van der Waals surface area contributed by atoms with Gasteiger partial charge in [-0.05, 0) is 96.2 Å². The van der Waals surface area contributed by atoms with Crippen molar-refractivity contribution in [2.45, 2.75) is 120 Å². The molecule has 0 aliphatic heterocycles. The van der Waals surface area contributed by atoms with E-state index in [0.29, 0.717) is 39.6 Å². The Labute approximate surface area is 197 Å². The smallest absolute Gasteiger partial charge is 0.139 e. The van der Waals surface area contributed by atoms with Gasteiger partial charge in [0.15, 0.2) is 0 Å². The minimum atomic E-state index is -0.170. The first-order valence-electron chi connectivity index (χ1n) is 13.7. The quantitative estimate of drug-likeness (QED) is 0.388. The zero-order valence-electron chi connectivity index (χ0n) is 22.2. The maximum atomic E-state index is 13.0. The Kier molecular flexibility index (Phi) is 4.70. The molecule has 180 valence electrons. The van der Waals surface area contributed by atoms with Crippen LogP contribution in [-0.2, 0) is 9.59 Å². The molecule has 2 heteroatoms. The summed E-state index contributed by atoms with van der Waals surface area (Å²) in [5.74, 6) is 3.31. The van der Waals surface area contributed by atoms with Gasteiger partial charge in [0.2, 0.25) is 0 Å². The van der Waals surface area contributed by atoms with Crippen molar-refractivity contribution >= 4 is 11.6 Å². The third kappa shape index (κ3) is 2.59. The molecule has 0 radical (unpaired) electrons. The molecule has 0 heterocycles. The Morgan fingerprint density at radius 1 is 0.688 bits per heavy atom. The number of ketones is 2. The molecule has 0 amide bonds. The van der Waals surface area contributed by atoms with Gasteiger partial charge in [0.25, 0.3) is 0 Å². The molecule has 0 aromatic rings. The minimum absolute atomic E-state index is 0.170. The molecule has 9 atom stereocenters. The van der Waals surface area contributed by atoms with Crippen LogP contribution < -0.4 is 0 Å². The highest BCUT2D eigenvalue weighted by molar-refractivity contribution is 5.85. The molecule has 0 bridgehead atoms. The van der Waals surface area contributed by atoms with E-state index in [-0.39, 0.29) is 22.2 Å². The second-order valence-corrected chi connectivity index (χ2v) is 15.1. The lowest BCUT2D eigenvalue weighted by molar-refractivity contribution is -0.253.